The van der Waals surface area contributed by atoms with Crippen LogP contribution in [0.2, 0.25) is 0 Å². The average Bonchev–Trinajstić information content (AvgIpc) is 2.76. The van der Waals surface area contributed by atoms with Gasteiger partial charge < -0.3 is 10.2 Å². The zero-order chi connectivity index (χ0) is 14.5. The molecule has 0 bridgehead atoms. The monoisotopic (exact) mass is 268 g/mol. The van der Waals surface area contributed by atoms with Gasteiger partial charge in [0.05, 0.1) is 0 Å². The molecule has 19 heavy (non-hydrogen) atoms. The fraction of sp³-hybridized carbons (Fsp3) is 1.00. The van der Waals surface area contributed by atoms with Crippen molar-refractivity contribution < 1.29 is 0 Å². The molecule has 0 aromatic carbocycles. The number of likely N-dealkylation sites (tertiary alicyclic amines) is 1. The minimum atomic E-state index is 0.367. The molecular formula is C17H36N2. The molecule has 2 unspecified atom stereocenters. The van der Waals surface area contributed by atoms with Crippen molar-refractivity contribution in [2.75, 3.05) is 26.2 Å². The summed E-state index contributed by atoms with van der Waals surface area (Å²) in [6.07, 6.45) is 3.92. The molecule has 2 heteroatoms. The molecule has 0 amide bonds. The lowest BCUT2D eigenvalue weighted by Crippen LogP contribution is -2.43. The van der Waals surface area contributed by atoms with Crippen LogP contribution in [0, 0.1) is 17.3 Å². The van der Waals surface area contributed by atoms with E-state index in [2.05, 4.69) is 51.8 Å². The summed E-state index contributed by atoms with van der Waals surface area (Å²) in [5.41, 5.74) is 0.367. The second-order valence-corrected chi connectivity index (χ2v) is 7.75. The van der Waals surface area contributed by atoms with Crippen LogP contribution in [0.5, 0.6) is 0 Å². The molecule has 0 aliphatic carbocycles. The van der Waals surface area contributed by atoms with E-state index in [-0.39, 0.29) is 0 Å². The summed E-state index contributed by atoms with van der Waals surface area (Å²) in [5.74, 6) is 1.78. The molecule has 1 saturated heterocycles. The Morgan fingerprint density at radius 2 is 1.95 bits per heavy atom. The Kier molecular flexibility index (Phi) is 6.82. The van der Waals surface area contributed by atoms with E-state index in [4.69, 9.17) is 0 Å². The maximum Gasteiger partial charge on any atom is 0.0128 e. The molecular weight excluding hydrogens is 232 g/mol. The van der Waals surface area contributed by atoms with Gasteiger partial charge in [-0.2, -0.15) is 0 Å². The Hall–Kier alpha value is -0.0800. The van der Waals surface area contributed by atoms with Crippen molar-refractivity contribution in [3.63, 3.8) is 0 Å². The molecule has 0 aromatic rings. The quantitative estimate of drug-likeness (QED) is 0.756. The van der Waals surface area contributed by atoms with Crippen LogP contribution in [0.15, 0.2) is 0 Å². The van der Waals surface area contributed by atoms with E-state index in [9.17, 15) is 0 Å². The highest BCUT2D eigenvalue weighted by molar-refractivity contribution is 4.84. The topological polar surface area (TPSA) is 15.3 Å². The molecule has 1 aliphatic heterocycles. The third kappa shape index (κ3) is 5.83. The summed E-state index contributed by atoms with van der Waals surface area (Å²) in [4.78, 5) is 2.68. The molecule has 0 saturated carbocycles. The smallest absolute Gasteiger partial charge is 0.0128 e. The Balaban J connectivity index is 2.36. The zero-order valence-corrected chi connectivity index (χ0v) is 14.1. The Bertz CT molecular complexity index is 242. The predicted octanol–water partition coefficient (Wildman–Crippen LogP) is 3.77. The number of hydrogen-bond donors (Lipinski definition) is 1. The van der Waals surface area contributed by atoms with Crippen LogP contribution in [-0.2, 0) is 0 Å². The summed E-state index contributed by atoms with van der Waals surface area (Å²) < 4.78 is 0. The van der Waals surface area contributed by atoms with E-state index >= 15 is 0 Å². The van der Waals surface area contributed by atoms with Gasteiger partial charge in [-0.15, -0.1) is 0 Å². The lowest BCUT2D eigenvalue weighted by molar-refractivity contribution is 0.216. The lowest BCUT2D eigenvalue weighted by Gasteiger charge is -2.33. The van der Waals surface area contributed by atoms with Crippen molar-refractivity contribution in [1.29, 1.82) is 0 Å². The fourth-order valence-electron chi connectivity index (χ4n) is 3.08. The number of rotatable bonds is 7. The van der Waals surface area contributed by atoms with Gasteiger partial charge in [-0.3, -0.25) is 0 Å². The first kappa shape index (κ1) is 17.0. The summed E-state index contributed by atoms with van der Waals surface area (Å²) in [6, 6.07) is 0.644. The fourth-order valence-corrected chi connectivity index (χ4v) is 3.08. The summed E-state index contributed by atoms with van der Waals surface area (Å²) in [6.45, 7) is 19.1. The highest BCUT2D eigenvalue weighted by atomic mass is 15.1. The molecule has 2 nitrogen and oxygen atoms in total. The van der Waals surface area contributed by atoms with Gasteiger partial charge in [-0.05, 0) is 56.1 Å². The van der Waals surface area contributed by atoms with Gasteiger partial charge in [0.2, 0.25) is 0 Å². The average molecular weight is 268 g/mol. The molecule has 2 atom stereocenters. The van der Waals surface area contributed by atoms with Gasteiger partial charge in [0.25, 0.3) is 0 Å². The third-order valence-electron chi connectivity index (χ3n) is 4.67. The van der Waals surface area contributed by atoms with E-state index in [1.807, 2.05) is 0 Å². The van der Waals surface area contributed by atoms with Crippen molar-refractivity contribution in [2.24, 2.45) is 17.3 Å². The van der Waals surface area contributed by atoms with Crippen molar-refractivity contribution in [1.82, 2.24) is 10.2 Å². The van der Waals surface area contributed by atoms with Crippen LogP contribution in [-0.4, -0.2) is 37.1 Å². The van der Waals surface area contributed by atoms with E-state index in [0.29, 0.717) is 11.5 Å². The maximum atomic E-state index is 3.74. The molecule has 0 radical (unpaired) electrons. The van der Waals surface area contributed by atoms with Gasteiger partial charge in [0.1, 0.15) is 0 Å². The number of nitrogens with one attached hydrogen (secondary N) is 1. The van der Waals surface area contributed by atoms with Gasteiger partial charge in [-0.1, -0.05) is 41.5 Å². The minimum Gasteiger partial charge on any atom is -0.313 e. The van der Waals surface area contributed by atoms with Crippen molar-refractivity contribution in [3.05, 3.63) is 0 Å². The molecule has 0 spiro atoms. The Morgan fingerprint density at radius 3 is 2.42 bits per heavy atom. The van der Waals surface area contributed by atoms with Crippen molar-refractivity contribution >= 4 is 0 Å². The van der Waals surface area contributed by atoms with Crippen molar-refractivity contribution in [3.8, 4) is 0 Å². The van der Waals surface area contributed by atoms with E-state index in [1.165, 1.54) is 38.9 Å². The van der Waals surface area contributed by atoms with Crippen LogP contribution in [0.3, 0.4) is 0 Å². The Morgan fingerprint density at radius 1 is 1.26 bits per heavy atom. The Labute approximate surface area is 121 Å². The highest BCUT2D eigenvalue weighted by Gasteiger charge is 2.28. The van der Waals surface area contributed by atoms with Gasteiger partial charge in [0, 0.05) is 12.6 Å². The van der Waals surface area contributed by atoms with E-state index < -0.39 is 0 Å². The van der Waals surface area contributed by atoms with Crippen LogP contribution in [0.25, 0.3) is 0 Å². The van der Waals surface area contributed by atoms with Gasteiger partial charge >= 0.3 is 0 Å². The maximum absolute atomic E-state index is 3.74. The molecule has 114 valence electrons. The number of nitrogens with zero attached hydrogens (tertiary/aromatic N) is 1. The predicted molar refractivity (Wildman–Crippen MR) is 85.5 cm³/mol. The first-order valence-corrected chi connectivity index (χ1v) is 8.30. The van der Waals surface area contributed by atoms with Gasteiger partial charge in [-0.25, -0.2) is 0 Å². The lowest BCUT2D eigenvalue weighted by atomic mass is 9.84. The first-order valence-electron chi connectivity index (χ1n) is 8.30. The van der Waals surface area contributed by atoms with Crippen LogP contribution >= 0.6 is 0 Å². The molecule has 1 rings (SSSR count). The molecule has 1 aliphatic rings. The SMILES string of the molecule is CCCNC(CCN1CCC(C(C)C)C1)C(C)(C)C. The summed E-state index contributed by atoms with van der Waals surface area (Å²) in [7, 11) is 0. The second-order valence-electron chi connectivity index (χ2n) is 7.75. The van der Waals surface area contributed by atoms with Gasteiger partial charge in [0.15, 0.2) is 0 Å². The second kappa shape index (κ2) is 7.64. The minimum absolute atomic E-state index is 0.367. The van der Waals surface area contributed by atoms with E-state index in [0.717, 1.165) is 18.4 Å². The molecule has 1 fully saturated rings. The normalized spacial score (nSPS) is 23.2. The standard InChI is InChI=1S/C17H36N2/c1-7-10-18-16(17(4,5)6)9-12-19-11-8-15(13-19)14(2)3/h14-16,18H,7-13H2,1-6H3. The third-order valence-corrected chi connectivity index (χ3v) is 4.67. The number of hydrogen-bond acceptors (Lipinski definition) is 2. The highest BCUT2D eigenvalue weighted by Crippen LogP contribution is 2.26. The van der Waals surface area contributed by atoms with Crippen molar-refractivity contribution in [2.45, 2.75) is 66.8 Å². The molecule has 0 aromatic heterocycles. The molecule has 1 N–H and O–H groups in total. The van der Waals surface area contributed by atoms with Crippen LogP contribution < -0.4 is 5.32 Å². The zero-order valence-electron chi connectivity index (χ0n) is 14.1. The van der Waals surface area contributed by atoms with Crippen LogP contribution in [0.1, 0.15) is 60.8 Å². The van der Waals surface area contributed by atoms with Crippen LogP contribution in [0.4, 0.5) is 0 Å². The first-order chi connectivity index (χ1) is 8.84. The summed E-state index contributed by atoms with van der Waals surface area (Å²) >= 11 is 0. The van der Waals surface area contributed by atoms with E-state index in [1.54, 1.807) is 0 Å². The molecule has 1 heterocycles. The largest absolute Gasteiger partial charge is 0.313 e. The summed E-state index contributed by atoms with van der Waals surface area (Å²) in [5, 5.41) is 3.74.